The molecule has 3 aromatic rings. The van der Waals surface area contributed by atoms with E-state index < -0.39 is 0 Å². The molecule has 0 fully saturated rings. The molecule has 0 aliphatic heterocycles. The molecule has 0 aliphatic carbocycles. The smallest absolute Gasteiger partial charge is 0.224 e. The molecule has 6 heteroatoms. The molecule has 0 unspecified atom stereocenters. The number of hydrogen-bond acceptors (Lipinski definition) is 5. The zero-order valence-electron chi connectivity index (χ0n) is 12.4. The van der Waals surface area contributed by atoms with E-state index >= 15 is 0 Å². The van der Waals surface area contributed by atoms with Crippen LogP contribution in [0.5, 0.6) is 0 Å². The van der Waals surface area contributed by atoms with E-state index in [0.717, 1.165) is 5.56 Å². The summed E-state index contributed by atoms with van der Waals surface area (Å²) in [7, 11) is 0. The maximum absolute atomic E-state index is 13.6. The summed E-state index contributed by atoms with van der Waals surface area (Å²) in [5.74, 6) is 0.910. The van der Waals surface area contributed by atoms with E-state index in [1.54, 1.807) is 42.9 Å². The number of halogens is 1. The van der Waals surface area contributed by atoms with Crippen molar-refractivity contribution in [3.05, 3.63) is 78.0 Å². The van der Waals surface area contributed by atoms with Crippen molar-refractivity contribution < 1.29 is 4.39 Å². The third-order valence-corrected chi connectivity index (χ3v) is 3.27. The number of nitrogens with one attached hydrogen (secondary N) is 2. The first-order chi connectivity index (χ1) is 11.3. The van der Waals surface area contributed by atoms with E-state index in [2.05, 4.69) is 25.6 Å². The Morgan fingerprint density at radius 2 is 1.70 bits per heavy atom. The quantitative estimate of drug-likeness (QED) is 0.732. The second-order valence-corrected chi connectivity index (χ2v) is 4.92. The van der Waals surface area contributed by atoms with Crippen molar-refractivity contribution in [3.63, 3.8) is 0 Å². The molecule has 0 amide bonds. The average Bonchev–Trinajstić information content (AvgIpc) is 2.61. The molecule has 0 spiro atoms. The van der Waals surface area contributed by atoms with E-state index in [9.17, 15) is 4.39 Å². The highest BCUT2D eigenvalue weighted by Gasteiger charge is 2.03. The molecule has 0 saturated heterocycles. The minimum Gasteiger partial charge on any atom is -0.366 e. The number of aromatic nitrogens is 3. The molecule has 2 N–H and O–H groups in total. The molecular formula is C17H16FN5. The maximum atomic E-state index is 13.6. The van der Waals surface area contributed by atoms with Crippen LogP contribution < -0.4 is 10.6 Å². The van der Waals surface area contributed by atoms with Gasteiger partial charge in [-0.25, -0.2) is 9.37 Å². The van der Waals surface area contributed by atoms with Gasteiger partial charge in [0.1, 0.15) is 11.6 Å². The molecule has 1 aromatic carbocycles. The number of hydrogen-bond donors (Lipinski definition) is 2. The second-order valence-electron chi connectivity index (χ2n) is 4.92. The molecule has 0 atom stereocenters. The Labute approximate surface area is 133 Å². The van der Waals surface area contributed by atoms with Gasteiger partial charge in [-0.1, -0.05) is 18.2 Å². The van der Waals surface area contributed by atoms with Crippen LogP contribution in [0.1, 0.15) is 11.1 Å². The van der Waals surface area contributed by atoms with Crippen molar-refractivity contribution in [2.24, 2.45) is 0 Å². The van der Waals surface area contributed by atoms with Gasteiger partial charge in [-0.05, 0) is 29.8 Å². The molecule has 116 valence electrons. The first-order valence-electron chi connectivity index (χ1n) is 7.24. The monoisotopic (exact) mass is 309 g/mol. The third kappa shape index (κ3) is 4.23. The van der Waals surface area contributed by atoms with E-state index in [1.807, 2.05) is 12.1 Å². The maximum Gasteiger partial charge on any atom is 0.224 e. The van der Waals surface area contributed by atoms with E-state index in [0.29, 0.717) is 30.4 Å². The van der Waals surface area contributed by atoms with Crippen LogP contribution in [0.4, 0.5) is 16.2 Å². The Morgan fingerprint density at radius 3 is 2.52 bits per heavy atom. The van der Waals surface area contributed by atoms with Gasteiger partial charge in [0.15, 0.2) is 0 Å². The lowest BCUT2D eigenvalue weighted by atomic mass is 10.2. The summed E-state index contributed by atoms with van der Waals surface area (Å²) in [5, 5.41) is 6.25. The standard InChI is InChI=1S/C17H16FN5/c18-15-4-2-1-3-14(15)12-22-17-20-10-7-16(23-17)21-11-13-5-8-19-9-6-13/h1-10H,11-12H2,(H2,20,21,22,23). The zero-order valence-corrected chi connectivity index (χ0v) is 12.4. The van der Waals surface area contributed by atoms with Gasteiger partial charge in [-0.3, -0.25) is 4.98 Å². The van der Waals surface area contributed by atoms with Crippen LogP contribution >= 0.6 is 0 Å². The molecule has 2 aromatic heterocycles. The van der Waals surface area contributed by atoms with E-state index in [1.165, 1.54) is 6.07 Å². The molecule has 5 nitrogen and oxygen atoms in total. The predicted octanol–water partition coefficient (Wildman–Crippen LogP) is 3.23. The van der Waals surface area contributed by atoms with Crippen molar-refractivity contribution >= 4 is 11.8 Å². The summed E-state index contributed by atoms with van der Waals surface area (Å²) in [5.41, 5.74) is 1.69. The number of anilines is 2. The van der Waals surface area contributed by atoms with Crippen molar-refractivity contribution in [2.45, 2.75) is 13.1 Å². The first kappa shape index (κ1) is 14.9. The highest BCUT2D eigenvalue weighted by atomic mass is 19.1. The number of benzene rings is 1. The largest absolute Gasteiger partial charge is 0.366 e. The van der Waals surface area contributed by atoms with Gasteiger partial charge in [0.05, 0.1) is 0 Å². The lowest BCUT2D eigenvalue weighted by Gasteiger charge is -2.09. The summed E-state index contributed by atoms with van der Waals surface area (Å²) >= 11 is 0. The summed E-state index contributed by atoms with van der Waals surface area (Å²) in [6.07, 6.45) is 5.16. The minimum absolute atomic E-state index is 0.244. The molecule has 0 aliphatic rings. The van der Waals surface area contributed by atoms with E-state index in [-0.39, 0.29) is 5.82 Å². The van der Waals surface area contributed by atoms with Crippen molar-refractivity contribution in [1.29, 1.82) is 0 Å². The minimum atomic E-state index is -0.244. The second kappa shape index (κ2) is 7.31. The van der Waals surface area contributed by atoms with Gasteiger partial charge in [0, 0.05) is 37.2 Å². The Bertz CT molecular complexity index is 764. The highest BCUT2D eigenvalue weighted by molar-refractivity contribution is 5.40. The van der Waals surface area contributed by atoms with Crippen LogP contribution in [0.15, 0.2) is 61.1 Å². The summed E-state index contributed by atoms with van der Waals surface area (Å²) in [6.45, 7) is 0.979. The number of pyridine rings is 1. The number of nitrogens with zero attached hydrogens (tertiary/aromatic N) is 3. The van der Waals surface area contributed by atoms with Crippen LogP contribution in [0.2, 0.25) is 0 Å². The molecule has 2 heterocycles. The lowest BCUT2D eigenvalue weighted by molar-refractivity contribution is 0.612. The Kier molecular flexibility index (Phi) is 4.73. The Morgan fingerprint density at radius 1 is 0.870 bits per heavy atom. The van der Waals surface area contributed by atoms with Gasteiger partial charge in [-0.2, -0.15) is 4.98 Å². The Hall–Kier alpha value is -3.02. The molecule has 23 heavy (non-hydrogen) atoms. The zero-order chi connectivity index (χ0) is 15.9. The van der Waals surface area contributed by atoms with Crippen molar-refractivity contribution in [1.82, 2.24) is 15.0 Å². The molecule has 0 saturated carbocycles. The molecule has 0 radical (unpaired) electrons. The van der Waals surface area contributed by atoms with Gasteiger partial charge in [0.25, 0.3) is 0 Å². The molecule has 3 rings (SSSR count). The lowest BCUT2D eigenvalue weighted by Crippen LogP contribution is -2.07. The van der Waals surface area contributed by atoms with Crippen LogP contribution in [-0.4, -0.2) is 15.0 Å². The predicted molar refractivity (Wildman–Crippen MR) is 87.3 cm³/mol. The van der Waals surface area contributed by atoms with Crippen molar-refractivity contribution in [3.8, 4) is 0 Å². The topological polar surface area (TPSA) is 62.7 Å². The van der Waals surface area contributed by atoms with Crippen LogP contribution in [0.3, 0.4) is 0 Å². The molecular weight excluding hydrogens is 293 g/mol. The number of rotatable bonds is 6. The van der Waals surface area contributed by atoms with Gasteiger partial charge < -0.3 is 10.6 Å². The van der Waals surface area contributed by atoms with Gasteiger partial charge in [-0.15, -0.1) is 0 Å². The molecule has 0 bridgehead atoms. The van der Waals surface area contributed by atoms with Gasteiger partial charge >= 0.3 is 0 Å². The van der Waals surface area contributed by atoms with Gasteiger partial charge in [0.2, 0.25) is 5.95 Å². The van der Waals surface area contributed by atoms with Crippen LogP contribution in [-0.2, 0) is 13.1 Å². The highest BCUT2D eigenvalue weighted by Crippen LogP contribution is 2.11. The summed E-state index contributed by atoms with van der Waals surface area (Å²) in [4.78, 5) is 12.5. The third-order valence-electron chi connectivity index (χ3n) is 3.27. The fourth-order valence-corrected chi connectivity index (χ4v) is 2.05. The van der Waals surface area contributed by atoms with Crippen LogP contribution in [0.25, 0.3) is 0 Å². The Balaban J connectivity index is 1.60. The van der Waals surface area contributed by atoms with Crippen LogP contribution in [0, 0.1) is 5.82 Å². The fourth-order valence-electron chi connectivity index (χ4n) is 2.05. The summed E-state index contributed by atoms with van der Waals surface area (Å²) in [6, 6.07) is 12.3. The normalized spacial score (nSPS) is 10.3. The summed E-state index contributed by atoms with van der Waals surface area (Å²) < 4.78 is 13.6. The fraction of sp³-hybridized carbons (Fsp3) is 0.118. The first-order valence-corrected chi connectivity index (χ1v) is 7.24. The van der Waals surface area contributed by atoms with Crippen molar-refractivity contribution in [2.75, 3.05) is 10.6 Å². The SMILES string of the molecule is Fc1ccccc1CNc1nccc(NCc2ccncc2)n1. The van der Waals surface area contributed by atoms with E-state index in [4.69, 9.17) is 0 Å². The average molecular weight is 309 g/mol.